The van der Waals surface area contributed by atoms with Crippen LogP contribution in [0, 0.1) is 5.92 Å². The Balaban J connectivity index is 1.85. The molecule has 2 fully saturated rings. The van der Waals surface area contributed by atoms with Crippen LogP contribution in [-0.2, 0) is 14.6 Å². The fourth-order valence-corrected chi connectivity index (χ4v) is 5.58. The standard InChI is InChI=1S/C16H23N3O4S/c1-11(2)8-15(20)18-6-7-19(16(21)12-4-3-5-17-12)14-10-24(22,23)9-13(14)18/h3-5,11,13-14,17H,6-10H2,1-2H3. The first-order valence-corrected chi connectivity index (χ1v) is 10.0. The number of aromatic nitrogens is 1. The Kier molecular flexibility index (Phi) is 4.42. The van der Waals surface area contributed by atoms with Crippen LogP contribution in [0.2, 0.25) is 0 Å². The van der Waals surface area contributed by atoms with Crippen molar-refractivity contribution < 1.29 is 18.0 Å². The Labute approximate surface area is 141 Å². The summed E-state index contributed by atoms with van der Waals surface area (Å²) >= 11 is 0. The van der Waals surface area contributed by atoms with Crippen molar-refractivity contribution in [1.29, 1.82) is 0 Å². The van der Waals surface area contributed by atoms with Gasteiger partial charge in [0.25, 0.3) is 5.91 Å². The molecule has 2 unspecified atom stereocenters. The van der Waals surface area contributed by atoms with Gasteiger partial charge in [0.2, 0.25) is 5.91 Å². The number of carbonyl (C=O) groups excluding carboxylic acids is 2. The van der Waals surface area contributed by atoms with E-state index in [0.29, 0.717) is 25.2 Å². The van der Waals surface area contributed by atoms with Gasteiger partial charge in [-0.05, 0) is 18.1 Å². The summed E-state index contributed by atoms with van der Waals surface area (Å²) in [5.74, 6) is -0.148. The molecule has 24 heavy (non-hydrogen) atoms. The van der Waals surface area contributed by atoms with Crippen molar-refractivity contribution in [2.45, 2.75) is 32.4 Å². The van der Waals surface area contributed by atoms with Crippen LogP contribution < -0.4 is 0 Å². The van der Waals surface area contributed by atoms with Crippen molar-refractivity contribution in [2.75, 3.05) is 24.6 Å². The van der Waals surface area contributed by atoms with Crippen molar-refractivity contribution in [3.8, 4) is 0 Å². The van der Waals surface area contributed by atoms with Gasteiger partial charge < -0.3 is 14.8 Å². The van der Waals surface area contributed by atoms with Gasteiger partial charge in [-0.3, -0.25) is 9.59 Å². The number of H-pyrrole nitrogens is 1. The quantitative estimate of drug-likeness (QED) is 0.857. The molecule has 1 N–H and O–H groups in total. The predicted molar refractivity (Wildman–Crippen MR) is 89.2 cm³/mol. The van der Waals surface area contributed by atoms with Gasteiger partial charge in [0.05, 0.1) is 23.6 Å². The van der Waals surface area contributed by atoms with Crippen LogP contribution in [0.3, 0.4) is 0 Å². The molecule has 0 saturated carbocycles. The molecule has 2 saturated heterocycles. The van der Waals surface area contributed by atoms with E-state index in [1.807, 2.05) is 13.8 Å². The average Bonchev–Trinajstić information content (AvgIpc) is 3.10. The Morgan fingerprint density at radius 1 is 1.21 bits per heavy atom. The van der Waals surface area contributed by atoms with E-state index in [4.69, 9.17) is 0 Å². The summed E-state index contributed by atoms with van der Waals surface area (Å²) in [5.41, 5.74) is 0.444. The lowest BCUT2D eigenvalue weighted by atomic mass is 10.0. The third-order valence-electron chi connectivity index (χ3n) is 4.67. The first kappa shape index (κ1) is 17.0. The van der Waals surface area contributed by atoms with Crippen LogP contribution in [-0.4, -0.2) is 71.7 Å². The minimum absolute atomic E-state index is 0.0240. The van der Waals surface area contributed by atoms with Crippen LogP contribution >= 0.6 is 0 Å². The molecule has 2 aliphatic rings. The van der Waals surface area contributed by atoms with Gasteiger partial charge in [-0.1, -0.05) is 13.8 Å². The van der Waals surface area contributed by atoms with E-state index in [1.165, 1.54) is 0 Å². The molecule has 132 valence electrons. The molecule has 3 heterocycles. The zero-order chi connectivity index (χ0) is 17.5. The maximum Gasteiger partial charge on any atom is 0.270 e. The van der Waals surface area contributed by atoms with Gasteiger partial charge in [0.1, 0.15) is 5.69 Å². The van der Waals surface area contributed by atoms with Crippen molar-refractivity contribution in [2.24, 2.45) is 5.92 Å². The Bertz CT molecular complexity index is 727. The average molecular weight is 353 g/mol. The Hall–Kier alpha value is -1.83. The van der Waals surface area contributed by atoms with Crippen LogP contribution in [0.15, 0.2) is 18.3 Å². The molecule has 2 atom stereocenters. The lowest BCUT2D eigenvalue weighted by Crippen LogP contribution is -2.62. The minimum Gasteiger partial charge on any atom is -0.357 e. The monoisotopic (exact) mass is 353 g/mol. The number of aromatic amines is 1. The van der Waals surface area contributed by atoms with Crippen molar-refractivity contribution in [3.05, 3.63) is 24.0 Å². The number of carbonyl (C=O) groups is 2. The highest BCUT2D eigenvalue weighted by Gasteiger charge is 2.49. The van der Waals surface area contributed by atoms with Crippen molar-refractivity contribution in [3.63, 3.8) is 0 Å². The smallest absolute Gasteiger partial charge is 0.270 e. The topological polar surface area (TPSA) is 90.6 Å². The third kappa shape index (κ3) is 3.19. The fraction of sp³-hybridized carbons (Fsp3) is 0.625. The molecule has 3 rings (SSSR count). The molecule has 7 nitrogen and oxygen atoms in total. The molecule has 0 radical (unpaired) electrons. The highest BCUT2D eigenvalue weighted by atomic mass is 32.2. The van der Waals surface area contributed by atoms with E-state index in [1.54, 1.807) is 28.1 Å². The van der Waals surface area contributed by atoms with E-state index in [-0.39, 0.29) is 29.2 Å². The first-order chi connectivity index (χ1) is 11.3. The number of hydrogen-bond acceptors (Lipinski definition) is 4. The number of sulfone groups is 1. The second-order valence-corrected chi connectivity index (χ2v) is 9.13. The maximum atomic E-state index is 12.7. The molecule has 2 aliphatic heterocycles. The summed E-state index contributed by atoms with van der Waals surface area (Å²) in [4.78, 5) is 31.3. The minimum atomic E-state index is -3.26. The molecular formula is C16H23N3O4S. The van der Waals surface area contributed by atoms with Crippen LogP contribution in [0.5, 0.6) is 0 Å². The Morgan fingerprint density at radius 3 is 2.42 bits per heavy atom. The third-order valence-corrected chi connectivity index (χ3v) is 6.37. The summed E-state index contributed by atoms with van der Waals surface area (Å²) in [5, 5.41) is 0. The SMILES string of the molecule is CC(C)CC(=O)N1CCN(C(=O)c2ccc[nH]2)C2CS(=O)(=O)CC21. The Morgan fingerprint density at radius 2 is 1.83 bits per heavy atom. The van der Waals surface area contributed by atoms with Gasteiger partial charge in [0.15, 0.2) is 9.84 Å². The van der Waals surface area contributed by atoms with E-state index in [2.05, 4.69) is 4.98 Å². The number of hydrogen-bond donors (Lipinski definition) is 1. The zero-order valence-corrected chi connectivity index (χ0v) is 14.8. The van der Waals surface area contributed by atoms with Gasteiger partial charge in [-0.25, -0.2) is 8.42 Å². The molecule has 1 aromatic heterocycles. The van der Waals surface area contributed by atoms with Gasteiger partial charge in [-0.15, -0.1) is 0 Å². The highest BCUT2D eigenvalue weighted by molar-refractivity contribution is 7.91. The number of amides is 2. The number of piperazine rings is 1. The van der Waals surface area contributed by atoms with Crippen LogP contribution in [0.1, 0.15) is 30.8 Å². The van der Waals surface area contributed by atoms with Crippen LogP contribution in [0.4, 0.5) is 0 Å². The molecule has 1 aromatic rings. The lowest BCUT2D eigenvalue weighted by Gasteiger charge is -2.44. The number of fused-ring (bicyclic) bond motifs is 1. The van der Waals surface area contributed by atoms with Crippen molar-refractivity contribution in [1.82, 2.24) is 14.8 Å². The first-order valence-electron chi connectivity index (χ1n) is 8.23. The fourth-order valence-electron chi connectivity index (χ4n) is 3.60. The molecular weight excluding hydrogens is 330 g/mol. The summed E-state index contributed by atoms with van der Waals surface area (Å²) in [6.07, 6.45) is 2.06. The highest BCUT2D eigenvalue weighted by Crippen LogP contribution is 2.29. The molecule has 0 spiro atoms. The van der Waals surface area contributed by atoms with Gasteiger partial charge in [0, 0.05) is 25.7 Å². The van der Waals surface area contributed by atoms with E-state index >= 15 is 0 Å². The summed E-state index contributed by atoms with van der Waals surface area (Å²) in [7, 11) is -3.26. The van der Waals surface area contributed by atoms with E-state index < -0.39 is 21.9 Å². The maximum absolute atomic E-state index is 12.7. The second-order valence-electron chi connectivity index (χ2n) is 6.98. The normalized spacial score (nSPS) is 25.8. The molecule has 8 heteroatoms. The number of nitrogens with one attached hydrogen (secondary N) is 1. The summed E-state index contributed by atoms with van der Waals surface area (Å²) < 4.78 is 24.3. The van der Waals surface area contributed by atoms with E-state index in [9.17, 15) is 18.0 Å². The van der Waals surface area contributed by atoms with Gasteiger partial charge in [-0.2, -0.15) is 0 Å². The molecule has 0 aromatic carbocycles. The molecule has 0 bridgehead atoms. The zero-order valence-electron chi connectivity index (χ0n) is 13.9. The largest absolute Gasteiger partial charge is 0.357 e. The number of nitrogens with zero attached hydrogens (tertiary/aromatic N) is 2. The molecule has 0 aliphatic carbocycles. The predicted octanol–water partition coefficient (Wildman–Crippen LogP) is 0.511. The van der Waals surface area contributed by atoms with Crippen LogP contribution in [0.25, 0.3) is 0 Å². The van der Waals surface area contributed by atoms with E-state index in [0.717, 1.165) is 0 Å². The number of rotatable bonds is 3. The summed E-state index contributed by atoms with van der Waals surface area (Å²) in [6.45, 7) is 4.67. The summed E-state index contributed by atoms with van der Waals surface area (Å²) in [6, 6.07) is 2.51. The lowest BCUT2D eigenvalue weighted by molar-refractivity contribution is -0.137. The van der Waals surface area contributed by atoms with Gasteiger partial charge >= 0.3 is 0 Å². The second kappa shape index (κ2) is 6.23. The van der Waals surface area contributed by atoms with Crippen molar-refractivity contribution >= 4 is 21.7 Å². The molecule has 2 amide bonds.